The van der Waals surface area contributed by atoms with E-state index in [9.17, 15) is 8.42 Å². The minimum atomic E-state index is -3.67. The second kappa shape index (κ2) is 6.17. The first kappa shape index (κ1) is 16.0. The van der Waals surface area contributed by atoms with Crippen LogP contribution in [0.3, 0.4) is 0 Å². The summed E-state index contributed by atoms with van der Waals surface area (Å²) in [5, 5.41) is 0. The number of nitrogens with one attached hydrogen (secondary N) is 1. The summed E-state index contributed by atoms with van der Waals surface area (Å²) in [4.78, 5) is 0.0890. The van der Waals surface area contributed by atoms with Crippen LogP contribution in [-0.4, -0.2) is 8.42 Å². The lowest BCUT2D eigenvalue weighted by Gasteiger charge is -2.17. The van der Waals surface area contributed by atoms with E-state index in [1.807, 2.05) is 38.1 Å². The lowest BCUT2D eigenvalue weighted by Crippen LogP contribution is -2.28. The van der Waals surface area contributed by atoms with Crippen LogP contribution in [0, 0.1) is 6.92 Å². The van der Waals surface area contributed by atoms with Crippen molar-refractivity contribution in [2.45, 2.75) is 24.8 Å². The van der Waals surface area contributed by atoms with E-state index in [-0.39, 0.29) is 16.6 Å². The number of benzene rings is 2. The van der Waals surface area contributed by atoms with Gasteiger partial charge in [-0.2, -0.15) is 0 Å². The Labute approximate surface area is 133 Å². The summed E-state index contributed by atoms with van der Waals surface area (Å²) in [7, 11) is -3.67. The van der Waals surface area contributed by atoms with Crippen molar-refractivity contribution >= 4 is 31.6 Å². The summed E-state index contributed by atoms with van der Waals surface area (Å²) in [6.07, 6.45) is 0. The molecule has 2 aromatic rings. The predicted octanol–water partition coefficient (Wildman–Crippen LogP) is 3.38. The minimum Gasteiger partial charge on any atom is -0.398 e. The first-order valence-electron chi connectivity index (χ1n) is 6.44. The third kappa shape index (κ3) is 3.64. The molecule has 0 aliphatic rings. The second-order valence-corrected chi connectivity index (χ2v) is 7.48. The highest BCUT2D eigenvalue weighted by Gasteiger charge is 2.21. The van der Waals surface area contributed by atoms with Crippen molar-refractivity contribution in [3.63, 3.8) is 0 Å². The molecule has 0 fully saturated rings. The van der Waals surface area contributed by atoms with E-state index in [4.69, 9.17) is 5.73 Å². The van der Waals surface area contributed by atoms with Crippen molar-refractivity contribution in [3.8, 4) is 0 Å². The Hall–Kier alpha value is -1.37. The van der Waals surface area contributed by atoms with Gasteiger partial charge in [-0.3, -0.25) is 0 Å². The van der Waals surface area contributed by atoms with Crippen LogP contribution in [0.1, 0.15) is 24.1 Å². The van der Waals surface area contributed by atoms with Crippen molar-refractivity contribution in [2.24, 2.45) is 0 Å². The molecule has 2 aromatic carbocycles. The summed E-state index contributed by atoms with van der Waals surface area (Å²) < 4.78 is 28.3. The summed E-state index contributed by atoms with van der Waals surface area (Å²) >= 11 is 3.26. The topological polar surface area (TPSA) is 72.2 Å². The maximum absolute atomic E-state index is 12.5. The lowest BCUT2D eigenvalue weighted by atomic mass is 10.0. The Morgan fingerprint density at radius 2 is 1.86 bits per heavy atom. The maximum atomic E-state index is 12.5. The van der Waals surface area contributed by atoms with Crippen LogP contribution in [0.5, 0.6) is 0 Å². The Morgan fingerprint density at radius 3 is 2.48 bits per heavy atom. The van der Waals surface area contributed by atoms with Crippen LogP contribution >= 0.6 is 15.9 Å². The fraction of sp³-hybridized carbons (Fsp3) is 0.200. The summed E-state index contributed by atoms with van der Waals surface area (Å²) in [6.45, 7) is 3.77. The van der Waals surface area contributed by atoms with Gasteiger partial charge in [0.15, 0.2) is 0 Å². The summed E-state index contributed by atoms with van der Waals surface area (Å²) in [6, 6.07) is 12.1. The molecule has 0 heterocycles. The number of hydrogen-bond donors (Lipinski definition) is 2. The standard InChI is InChI=1S/C15H17BrN2O2S/c1-10-5-3-4-6-13(10)11(2)18-21(19,20)15-8-7-12(16)9-14(15)17/h3-9,11,18H,17H2,1-2H3. The van der Waals surface area contributed by atoms with E-state index in [0.29, 0.717) is 0 Å². The van der Waals surface area contributed by atoms with Crippen molar-refractivity contribution in [1.82, 2.24) is 4.72 Å². The van der Waals surface area contributed by atoms with Crippen LogP contribution in [0.15, 0.2) is 51.8 Å². The van der Waals surface area contributed by atoms with Gasteiger partial charge in [-0.05, 0) is 43.2 Å². The number of sulfonamides is 1. The number of nitrogen functional groups attached to an aromatic ring is 1. The largest absolute Gasteiger partial charge is 0.398 e. The molecule has 3 N–H and O–H groups in total. The van der Waals surface area contributed by atoms with E-state index in [1.54, 1.807) is 12.1 Å². The monoisotopic (exact) mass is 368 g/mol. The summed E-state index contributed by atoms with van der Waals surface area (Å²) in [5.41, 5.74) is 8.00. The van der Waals surface area contributed by atoms with Gasteiger partial charge in [0.1, 0.15) is 4.90 Å². The molecule has 0 aliphatic heterocycles. The summed E-state index contributed by atoms with van der Waals surface area (Å²) in [5.74, 6) is 0. The molecule has 0 bridgehead atoms. The van der Waals surface area contributed by atoms with Crippen LogP contribution in [0.25, 0.3) is 0 Å². The zero-order valence-corrected chi connectivity index (χ0v) is 14.2. The van der Waals surface area contributed by atoms with Gasteiger partial charge in [0.2, 0.25) is 10.0 Å². The van der Waals surface area contributed by atoms with Crippen LogP contribution in [0.2, 0.25) is 0 Å². The molecule has 0 saturated heterocycles. The van der Waals surface area contributed by atoms with Gasteiger partial charge in [-0.25, -0.2) is 13.1 Å². The smallest absolute Gasteiger partial charge is 0.243 e. The fourth-order valence-corrected chi connectivity index (χ4v) is 3.91. The molecule has 0 saturated carbocycles. The third-order valence-electron chi connectivity index (χ3n) is 3.25. The molecular weight excluding hydrogens is 352 g/mol. The minimum absolute atomic E-state index is 0.0890. The molecule has 0 spiro atoms. The molecule has 4 nitrogen and oxygen atoms in total. The first-order valence-corrected chi connectivity index (χ1v) is 8.72. The third-order valence-corrected chi connectivity index (χ3v) is 5.36. The van der Waals surface area contributed by atoms with E-state index < -0.39 is 10.0 Å². The average molecular weight is 369 g/mol. The number of aryl methyl sites for hydroxylation is 1. The molecule has 112 valence electrons. The Morgan fingerprint density at radius 1 is 1.19 bits per heavy atom. The van der Waals surface area contributed by atoms with Gasteiger partial charge in [0, 0.05) is 10.5 Å². The molecule has 0 amide bonds. The Balaban J connectivity index is 2.31. The number of halogens is 1. The van der Waals surface area contributed by atoms with Gasteiger partial charge < -0.3 is 5.73 Å². The Bertz CT molecular complexity index is 760. The molecule has 1 unspecified atom stereocenters. The molecule has 21 heavy (non-hydrogen) atoms. The van der Waals surface area contributed by atoms with Crippen molar-refractivity contribution in [1.29, 1.82) is 0 Å². The average Bonchev–Trinajstić information content (AvgIpc) is 2.37. The van der Waals surface area contributed by atoms with Gasteiger partial charge in [0.25, 0.3) is 0 Å². The van der Waals surface area contributed by atoms with Crippen LogP contribution in [-0.2, 0) is 10.0 Å². The molecule has 6 heteroatoms. The van der Waals surface area contributed by atoms with Gasteiger partial charge in [-0.15, -0.1) is 0 Å². The van der Waals surface area contributed by atoms with Gasteiger partial charge >= 0.3 is 0 Å². The van der Waals surface area contributed by atoms with Crippen molar-refractivity contribution < 1.29 is 8.42 Å². The first-order chi connectivity index (χ1) is 9.81. The number of rotatable bonds is 4. The Kier molecular flexibility index (Phi) is 4.70. The predicted molar refractivity (Wildman–Crippen MR) is 88.5 cm³/mol. The molecule has 0 aliphatic carbocycles. The molecular formula is C15H17BrN2O2S. The van der Waals surface area contributed by atoms with E-state index >= 15 is 0 Å². The number of hydrogen-bond acceptors (Lipinski definition) is 3. The van der Waals surface area contributed by atoms with E-state index in [0.717, 1.165) is 15.6 Å². The molecule has 2 rings (SSSR count). The zero-order valence-electron chi connectivity index (χ0n) is 11.8. The highest BCUT2D eigenvalue weighted by Crippen LogP contribution is 2.25. The number of nitrogens with two attached hydrogens (primary N) is 1. The fourth-order valence-electron chi connectivity index (χ4n) is 2.20. The normalized spacial score (nSPS) is 13.1. The van der Waals surface area contributed by atoms with Crippen LogP contribution in [0.4, 0.5) is 5.69 Å². The van der Waals surface area contributed by atoms with E-state index in [1.165, 1.54) is 6.07 Å². The quantitative estimate of drug-likeness (QED) is 0.812. The van der Waals surface area contributed by atoms with E-state index in [2.05, 4.69) is 20.7 Å². The van der Waals surface area contributed by atoms with Crippen LogP contribution < -0.4 is 10.5 Å². The zero-order chi connectivity index (χ0) is 15.6. The molecule has 1 atom stereocenters. The molecule has 0 radical (unpaired) electrons. The lowest BCUT2D eigenvalue weighted by molar-refractivity contribution is 0.567. The van der Waals surface area contributed by atoms with Crippen molar-refractivity contribution in [2.75, 3.05) is 5.73 Å². The van der Waals surface area contributed by atoms with Gasteiger partial charge in [0.05, 0.1) is 5.69 Å². The van der Waals surface area contributed by atoms with Gasteiger partial charge in [-0.1, -0.05) is 40.2 Å². The second-order valence-electron chi connectivity index (χ2n) is 4.88. The highest BCUT2D eigenvalue weighted by atomic mass is 79.9. The SMILES string of the molecule is Cc1ccccc1C(C)NS(=O)(=O)c1ccc(Br)cc1N. The number of anilines is 1. The van der Waals surface area contributed by atoms with Crippen molar-refractivity contribution in [3.05, 3.63) is 58.1 Å². The molecule has 0 aromatic heterocycles. The maximum Gasteiger partial charge on any atom is 0.243 e. The highest BCUT2D eigenvalue weighted by molar-refractivity contribution is 9.10.